The van der Waals surface area contributed by atoms with Gasteiger partial charge in [-0.05, 0) is 44.1 Å². The molecule has 0 saturated heterocycles. The van der Waals surface area contributed by atoms with Crippen molar-refractivity contribution in [2.24, 2.45) is 0 Å². The zero-order chi connectivity index (χ0) is 13.0. The molecule has 4 heteroatoms. The maximum absolute atomic E-state index is 5.19. The molecule has 18 heavy (non-hydrogen) atoms. The van der Waals surface area contributed by atoms with Gasteiger partial charge in [0.05, 0.1) is 0 Å². The van der Waals surface area contributed by atoms with Crippen LogP contribution in [0.3, 0.4) is 0 Å². The standard InChI is InChI=1S/C14H19N3S/c1-10(2)17-14(18)15-8-7-11-9-16-13-6-4-3-5-12(11)13/h3-6,9-10,16H,7-8H2,1-2H3,(H2,15,17,18). The van der Waals surface area contributed by atoms with Crippen molar-refractivity contribution in [1.82, 2.24) is 15.6 Å². The van der Waals surface area contributed by atoms with Gasteiger partial charge in [-0.2, -0.15) is 0 Å². The van der Waals surface area contributed by atoms with Gasteiger partial charge >= 0.3 is 0 Å². The summed E-state index contributed by atoms with van der Waals surface area (Å²) < 4.78 is 0. The number of thiocarbonyl (C=S) groups is 1. The van der Waals surface area contributed by atoms with Crippen LogP contribution in [-0.2, 0) is 6.42 Å². The molecular weight excluding hydrogens is 242 g/mol. The van der Waals surface area contributed by atoms with E-state index >= 15 is 0 Å². The monoisotopic (exact) mass is 261 g/mol. The minimum atomic E-state index is 0.373. The van der Waals surface area contributed by atoms with Crippen molar-refractivity contribution in [1.29, 1.82) is 0 Å². The van der Waals surface area contributed by atoms with E-state index in [9.17, 15) is 0 Å². The minimum absolute atomic E-state index is 0.373. The summed E-state index contributed by atoms with van der Waals surface area (Å²) in [5.74, 6) is 0. The molecule has 1 aromatic carbocycles. The number of aromatic nitrogens is 1. The molecule has 0 fully saturated rings. The van der Waals surface area contributed by atoms with Gasteiger partial charge in [0.1, 0.15) is 0 Å². The van der Waals surface area contributed by atoms with Gasteiger partial charge < -0.3 is 15.6 Å². The van der Waals surface area contributed by atoms with Crippen LogP contribution < -0.4 is 10.6 Å². The highest BCUT2D eigenvalue weighted by Crippen LogP contribution is 2.17. The molecule has 0 amide bonds. The molecule has 2 rings (SSSR count). The second-order valence-corrected chi connectivity index (χ2v) is 5.07. The lowest BCUT2D eigenvalue weighted by atomic mass is 10.1. The average molecular weight is 261 g/mol. The summed E-state index contributed by atoms with van der Waals surface area (Å²) in [6.07, 6.45) is 3.04. The quantitative estimate of drug-likeness (QED) is 0.741. The van der Waals surface area contributed by atoms with E-state index in [-0.39, 0.29) is 0 Å². The minimum Gasteiger partial charge on any atom is -0.362 e. The van der Waals surface area contributed by atoms with Crippen LogP contribution in [0.25, 0.3) is 10.9 Å². The summed E-state index contributed by atoms with van der Waals surface area (Å²) in [5.41, 5.74) is 2.51. The molecule has 0 bridgehead atoms. The maximum atomic E-state index is 5.19. The van der Waals surface area contributed by atoms with Gasteiger partial charge in [0.15, 0.2) is 5.11 Å². The van der Waals surface area contributed by atoms with Crippen molar-refractivity contribution in [3.05, 3.63) is 36.0 Å². The molecule has 0 saturated carbocycles. The third kappa shape index (κ3) is 3.23. The third-order valence-corrected chi connectivity index (χ3v) is 3.04. The summed E-state index contributed by atoms with van der Waals surface area (Å²) in [5, 5.41) is 8.42. The van der Waals surface area contributed by atoms with Gasteiger partial charge in [-0.15, -0.1) is 0 Å². The molecule has 0 unspecified atom stereocenters. The first kappa shape index (κ1) is 12.9. The van der Waals surface area contributed by atoms with Crippen LogP contribution in [0.5, 0.6) is 0 Å². The van der Waals surface area contributed by atoms with E-state index in [0.717, 1.165) is 18.1 Å². The Morgan fingerprint density at radius 2 is 2.11 bits per heavy atom. The molecule has 3 N–H and O–H groups in total. The first-order chi connectivity index (χ1) is 8.66. The Kier molecular flexibility index (Phi) is 4.20. The van der Waals surface area contributed by atoms with Gasteiger partial charge in [0, 0.05) is 29.7 Å². The lowest BCUT2D eigenvalue weighted by molar-refractivity contribution is 0.711. The van der Waals surface area contributed by atoms with Crippen LogP contribution in [-0.4, -0.2) is 22.7 Å². The molecule has 0 aliphatic heterocycles. The highest BCUT2D eigenvalue weighted by molar-refractivity contribution is 7.80. The molecule has 3 nitrogen and oxygen atoms in total. The average Bonchev–Trinajstić information content (AvgIpc) is 2.72. The summed E-state index contributed by atoms with van der Waals surface area (Å²) in [6, 6.07) is 8.72. The lowest BCUT2D eigenvalue weighted by Gasteiger charge is -2.12. The van der Waals surface area contributed by atoms with E-state index in [1.165, 1.54) is 16.5 Å². The third-order valence-electron chi connectivity index (χ3n) is 2.77. The largest absolute Gasteiger partial charge is 0.362 e. The zero-order valence-corrected chi connectivity index (χ0v) is 11.6. The Morgan fingerprint density at radius 1 is 1.33 bits per heavy atom. The second-order valence-electron chi connectivity index (χ2n) is 4.66. The van der Waals surface area contributed by atoms with Crippen molar-refractivity contribution in [3.63, 3.8) is 0 Å². The lowest BCUT2D eigenvalue weighted by Crippen LogP contribution is -2.39. The van der Waals surface area contributed by atoms with E-state index in [1.54, 1.807) is 0 Å². The van der Waals surface area contributed by atoms with E-state index in [2.05, 4.69) is 53.9 Å². The molecule has 2 aromatic rings. The Balaban J connectivity index is 1.89. The summed E-state index contributed by atoms with van der Waals surface area (Å²) in [7, 11) is 0. The Morgan fingerprint density at radius 3 is 2.89 bits per heavy atom. The van der Waals surface area contributed by atoms with Crippen molar-refractivity contribution in [3.8, 4) is 0 Å². The van der Waals surface area contributed by atoms with E-state index < -0.39 is 0 Å². The van der Waals surface area contributed by atoms with Gasteiger partial charge in [-0.1, -0.05) is 18.2 Å². The first-order valence-corrected chi connectivity index (χ1v) is 6.67. The van der Waals surface area contributed by atoms with E-state index in [1.807, 2.05) is 6.07 Å². The predicted octanol–water partition coefficient (Wildman–Crippen LogP) is 2.58. The van der Waals surface area contributed by atoms with Gasteiger partial charge in [0.2, 0.25) is 0 Å². The number of para-hydroxylation sites is 1. The van der Waals surface area contributed by atoms with Crippen LogP contribution in [0.1, 0.15) is 19.4 Å². The molecule has 96 valence electrons. The second kappa shape index (κ2) is 5.87. The van der Waals surface area contributed by atoms with Crippen molar-refractivity contribution in [2.75, 3.05) is 6.54 Å². The number of benzene rings is 1. The fraction of sp³-hybridized carbons (Fsp3) is 0.357. The summed E-state index contributed by atoms with van der Waals surface area (Å²) in [4.78, 5) is 3.28. The summed E-state index contributed by atoms with van der Waals surface area (Å²) >= 11 is 5.19. The van der Waals surface area contributed by atoms with Crippen LogP contribution in [0.4, 0.5) is 0 Å². The molecule has 0 spiro atoms. The number of nitrogens with one attached hydrogen (secondary N) is 3. The highest BCUT2D eigenvalue weighted by Gasteiger charge is 2.03. The van der Waals surface area contributed by atoms with Crippen LogP contribution in [0.2, 0.25) is 0 Å². The van der Waals surface area contributed by atoms with Crippen molar-refractivity contribution < 1.29 is 0 Å². The normalized spacial score (nSPS) is 10.8. The van der Waals surface area contributed by atoms with Crippen LogP contribution in [0.15, 0.2) is 30.5 Å². The smallest absolute Gasteiger partial charge is 0.166 e. The topological polar surface area (TPSA) is 39.8 Å². The number of rotatable bonds is 4. The van der Waals surface area contributed by atoms with Gasteiger partial charge in [0.25, 0.3) is 0 Å². The fourth-order valence-corrected chi connectivity index (χ4v) is 2.30. The van der Waals surface area contributed by atoms with Crippen molar-refractivity contribution >= 4 is 28.2 Å². The predicted molar refractivity (Wildman–Crippen MR) is 80.9 cm³/mol. The number of H-pyrrole nitrogens is 1. The summed E-state index contributed by atoms with van der Waals surface area (Å²) in [6.45, 7) is 5.00. The van der Waals surface area contributed by atoms with E-state index in [0.29, 0.717) is 6.04 Å². The SMILES string of the molecule is CC(C)NC(=S)NCCc1c[nH]c2ccccc12. The van der Waals surface area contributed by atoms with Gasteiger partial charge in [-0.25, -0.2) is 0 Å². The van der Waals surface area contributed by atoms with E-state index in [4.69, 9.17) is 12.2 Å². The highest BCUT2D eigenvalue weighted by atomic mass is 32.1. The molecular formula is C14H19N3S. The maximum Gasteiger partial charge on any atom is 0.166 e. The fourth-order valence-electron chi connectivity index (χ4n) is 1.96. The molecule has 1 aromatic heterocycles. The van der Waals surface area contributed by atoms with Crippen LogP contribution in [0, 0.1) is 0 Å². The number of hydrogen-bond donors (Lipinski definition) is 3. The Labute approximate surface area is 113 Å². The van der Waals surface area contributed by atoms with Gasteiger partial charge in [-0.3, -0.25) is 0 Å². The molecule has 0 aliphatic rings. The van der Waals surface area contributed by atoms with Crippen molar-refractivity contribution in [2.45, 2.75) is 26.3 Å². The molecule has 0 aliphatic carbocycles. The number of aromatic amines is 1. The first-order valence-electron chi connectivity index (χ1n) is 6.26. The van der Waals surface area contributed by atoms with Crippen LogP contribution >= 0.6 is 12.2 Å². The Bertz CT molecular complexity index is 531. The molecule has 0 radical (unpaired) electrons. The molecule has 1 heterocycles. The molecule has 0 atom stereocenters. The number of hydrogen-bond acceptors (Lipinski definition) is 1. The zero-order valence-electron chi connectivity index (χ0n) is 10.8. The Hall–Kier alpha value is -1.55. The number of fused-ring (bicyclic) bond motifs is 1.